The summed E-state index contributed by atoms with van der Waals surface area (Å²) in [6, 6.07) is 4.12. The molecule has 0 amide bonds. The van der Waals surface area contributed by atoms with Gasteiger partial charge >= 0.3 is 5.69 Å². The summed E-state index contributed by atoms with van der Waals surface area (Å²) in [6.07, 6.45) is 5.61. The summed E-state index contributed by atoms with van der Waals surface area (Å²) < 4.78 is 38.5. The number of sulfonamides is 1. The van der Waals surface area contributed by atoms with Crippen LogP contribution in [0, 0.1) is 5.92 Å². The number of nitrogens with zero attached hydrogens (tertiary/aromatic N) is 4. The number of fused-ring (bicyclic) bond motifs is 1. The Labute approximate surface area is 217 Å². The summed E-state index contributed by atoms with van der Waals surface area (Å²) in [7, 11) is 1.58. The van der Waals surface area contributed by atoms with Gasteiger partial charge in [-0.2, -0.15) is 4.98 Å². The van der Waals surface area contributed by atoms with E-state index >= 15 is 0 Å². The highest BCUT2D eigenvalue weighted by Gasteiger charge is 2.28. The van der Waals surface area contributed by atoms with Crippen molar-refractivity contribution < 1.29 is 17.9 Å². The predicted molar refractivity (Wildman–Crippen MR) is 145 cm³/mol. The Bertz CT molecular complexity index is 1490. The van der Waals surface area contributed by atoms with Crippen molar-refractivity contribution in [2.45, 2.75) is 32.6 Å². The second kappa shape index (κ2) is 9.94. The van der Waals surface area contributed by atoms with Gasteiger partial charge in [0.2, 0.25) is 15.9 Å². The van der Waals surface area contributed by atoms with Gasteiger partial charge in [-0.15, -0.1) is 0 Å². The summed E-state index contributed by atoms with van der Waals surface area (Å²) in [5.74, 6) is 1.19. The van der Waals surface area contributed by atoms with Crippen LogP contribution < -0.4 is 24.8 Å². The van der Waals surface area contributed by atoms with Crippen LogP contribution in [-0.4, -0.2) is 63.1 Å². The topological polar surface area (TPSA) is 116 Å². The molecule has 0 unspecified atom stereocenters. The van der Waals surface area contributed by atoms with E-state index in [-0.39, 0.29) is 17.2 Å². The number of anilines is 1. The van der Waals surface area contributed by atoms with E-state index < -0.39 is 15.7 Å². The van der Waals surface area contributed by atoms with Gasteiger partial charge in [-0.3, -0.25) is 4.98 Å². The maximum Gasteiger partial charge on any atom is 0.350 e. The van der Waals surface area contributed by atoms with Crippen LogP contribution in [0.3, 0.4) is 0 Å². The SMILES string of the molecule is COc1nc(=O)n(C)cc1-c1cc(C(C)(C)C)c(OC)c2cc(N3CC[C@H](CNS(C)(=O)=O)C3)cnc12. The summed E-state index contributed by atoms with van der Waals surface area (Å²) in [6.45, 7) is 8.30. The van der Waals surface area contributed by atoms with Gasteiger partial charge in [-0.25, -0.2) is 17.9 Å². The quantitative estimate of drug-likeness (QED) is 0.497. The molecule has 200 valence electrons. The largest absolute Gasteiger partial charge is 0.496 e. The lowest BCUT2D eigenvalue weighted by Gasteiger charge is -2.26. The third kappa shape index (κ3) is 5.57. The highest BCUT2D eigenvalue weighted by Crippen LogP contribution is 2.44. The van der Waals surface area contributed by atoms with Crippen molar-refractivity contribution in [1.82, 2.24) is 19.3 Å². The first-order valence-electron chi connectivity index (χ1n) is 12.1. The smallest absolute Gasteiger partial charge is 0.350 e. The minimum atomic E-state index is -3.23. The number of methoxy groups -OCH3 is 2. The molecule has 0 radical (unpaired) electrons. The Hall–Kier alpha value is -3.18. The Balaban J connectivity index is 1.87. The van der Waals surface area contributed by atoms with Crippen LogP contribution in [0.25, 0.3) is 22.0 Å². The molecule has 0 aliphatic carbocycles. The van der Waals surface area contributed by atoms with E-state index in [0.717, 1.165) is 47.5 Å². The molecule has 4 rings (SSSR count). The molecule has 1 fully saturated rings. The minimum absolute atomic E-state index is 0.213. The highest BCUT2D eigenvalue weighted by molar-refractivity contribution is 7.88. The molecular formula is C26H35N5O5S. The third-order valence-corrected chi connectivity index (χ3v) is 7.43. The molecule has 37 heavy (non-hydrogen) atoms. The minimum Gasteiger partial charge on any atom is -0.496 e. The van der Waals surface area contributed by atoms with E-state index in [4.69, 9.17) is 14.5 Å². The fraction of sp³-hybridized carbons (Fsp3) is 0.500. The normalized spacial score (nSPS) is 16.4. The van der Waals surface area contributed by atoms with Gasteiger partial charge in [0.15, 0.2) is 0 Å². The molecule has 1 atom stereocenters. The molecular weight excluding hydrogens is 494 g/mol. The molecule has 1 aliphatic rings. The van der Waals surface area contributed by atoms with Crippen molar-refractivity contribution in [1.29, 1.82) is 0 Å². The second-order valence-corrected chi connectivity index (χ2v) is 12.5. The van der Waals surface area contributed by atoms with E-state index in [0.29, 0.717) is 17.6 Å². The van der Waals surface area contributed by atoms with Crippen molar-refractivity contribution in [3.8, 4) is 22.8 Å². The van der Waals surface area contributed by atoms with Crippen LogP contribution >= 0.6 is 0 Å². The number of hydrogen-bond acceptors (Lipinski definition) is 8. The van der Waals surface area contributed by atoms with Crippen LogP contribution in [0.1, 0.15) is 32.8 Å². The van der Waals surface area contributed by atoms with E-state index in [1.807, 2.05) is 12.3 Å². The standard InChI is InChI=1S/C26H35N5O5S/c1-26(2,3)21-11-18(20-15-30(4)25(32)29-24(20)36-6)22-19(23(21)35-5)10-17(13-27-22)31-9-8-16(14-31)12-28-37(7,33)34/h10-11,13,15-16,28H,8-9,12,14H2,1-7H3/t16-/m1/s1. The van der Waals surface area contributed by atoms with Crippen LogP contribution in [0.2, 0.25) is 0 Å². The van der Waals surface area contributed by atoms with Crippen molar-refractivity contribution in [3.05, 3.63) is 40.6 Å². The van der Waals surface area contributed by atoms with E-state index in [2.05, 4.69) is 41.4 Å². The van der Waals surface area contributed by atoms with Gasteiger partial charge in [0, 0.05) is 49.4 Å². The zero-order valence-corrected chi connectivity index (χ0v) is 23.3. The first-order chi connectivity index (χ1) is 17.3. The van der Waals surface area contributed by atoms with Crippen LogP contribution in [-0.2, 0) is 22.5 Å². The van der Waals surface area contributed by atoms with Gasteiger partial charge in [0.1, 0.15) is 5.75 Å². The van der Waals surface area contributed by atoms with Crippen molar-refractivity contribution >= 4 is 26.6 Å². The van der Waals surface area contributed by atoms with Gasteiger partial charge in [-0.1, -0.05) is 20.8 Å². The average molecular weight is 530 g/mol. The number of nitrogens with one attached hydrogen (secondary N) is 1. The Morgan fingerprint density at radius 2 is 1.89 bits per heavy atom. The number of pyridine rings is 1. The molecule has 0 bridgehead atoms. The van der Waals surface area contributed by atoms with Crippen molar-refractivity contribution in [2.75, 3.05) is 45.0 Å². The summed E-state index contributed by atoms with van der Waals surface area (Å²) in [5.41, 5.74) is 3.45. The fourth-order valence-electron chi connectivity index (χ4n) is 4.79. The number of ether oxygens (including phenoxy) is 2. The number of aromatic nitrogens is 3. The number of rotatable bonds is 7. The Morgan fingerprint density at radius 1 is 1.16 bits per heavy atom. The van der Waals surface area contributed by atoms with Gasteiger partial charge in [0.25, 0.3) is 0 Å². The molecule has 1 aromatic carbocycles. The molecule has 3 aromatic rings. The molecule has 3 heterocycles. The van der Waals surface area contributed by atoms with Gasteiger partial charge < -0.3 is 18.9 Å². The first kappa shape index (κ1) is 26.9. The Kier molecular flexibility index (Phi) is 7.22. The second-order valence-electron chi connectivity index (χ2n) is 10.6. The van der Waals surface area contributed by atoms with Crippen molar-refractivity contribution in [2.24, 2.45) is 13.0 Å². The van der Waals surface area contributed by atoms with Gasteiger partial charge in [0.05, 0.1) is 43.4 Å². The fourth-order valence-corrected chi connectivity index (χ4v) is 5.33. The zero-order valence-electron chi connectivity index (χ0n) is 22.5. The van der Waals surface area contributed by atoms with Crippen LogP contribution in [0.15, 0.2) is 29.3 Å². The van der Waals surface area contributed by atoms with E-state index in [9.17, 15) is 13.2 Å². The van der Waals surface area contributed by atoms with Gasteiger partial charge in [-0.05, 0) is 29.9 Å². The first-order valence-corrected chi connectivity index (χ1v) is 14.0. The number of aryl methyl sites for hydroxylation is 1. The lowest BCUT2D eigenvalue weighted by atomic mass is 9.83. The molecule has 10 nitrogen and oxygen atoms in total. The lowest BCUT2D eigenvalue weighted by molar-refractivity contribution is 0.395. The molecule has 1 N–H and O–H groups in total. The average Bonchev–Trinajstić information content (AvgIpc) is 3.31. The lowest BCUT2D eigenvalue weighted by Crippen LogP contribution is -2.30. The molecule has 2 aromatic heterocycles. The molecule has 0 saturated carbocycles. The molecule has 0 spiro atoms. The van der Waals surface area contributed by atoms with E-state index in [1.165, 1.54) is 17.9 Å². The summed E-state index contributed by atoms with van der Waals surface area (Å²) >= 11 is 0. The number of hydrogen-bond donors (Lipinski definition) is 1. The molecule has 1 saturated heterocycles. The summed E-state index contributed by atoms with van der Waals surface area (Å²) in [5, 5.41) is 0.844. The number of benzene rings is 1. The molecule has 11 heteroatoms. The monoisotopic (exact) mass is 529 g/mol. The van der Waals surface area contributed by atoms with E-state index in [1.54, 1.807) is 20.4 Å². The van der Waals surface area contributed by atoms with Crippen LogP contribution in [0.5, 0.6) is 11.6 Å². The predicted octanol–water partition coefficient (Wildman–Crippen LogP) is 2.69. The zero-order chi connectivity index (χ0) is 27.1. The van der Waals surface area contributed by atoms with Crippen molar-refractivity contribution in [3.63, 3.8) is 0 Å². The summed E-state index contributed by atoms with van der Waals surface area (Å²) in [4.78, 5) is 23.4. The molecule has 1 aliphatic heterocycles. The Morgan fingerprint density at radius 3 is 2.51 bits per heavy atom. The van der Waals surface area contributed by atoms with Crippen LogP contribution in [0.4, 0.5) is 5.69 Å². The maximum absolute atomic E-state index is 12.2. The maximum atomic E-state index is 12.2. The third-order valence-electron chi connectivity index (χ3n) is 6.74. The highest BCUT2D eigenvalue weighted by atomic mass is 32.2.